The number of carbonyl (C=O) groups excluding carboxylic acids is 2. The summed E-state index contributed by atoms with van der Waals surface area (Å²) in [6.07, 6.45) is 5.38. The van der Waals surface area contributed by atoms with Crippen LogP contribution in [-0.4, -0.2) is 69.0 Å². The van der Waals surface area contributed by atoms with Gasteiger partial charge in [0.1, 0.15) is 6.33 Å². The van der Waals surface area contributed by atoms with Crippen molar-refractivity contribution in [1.82, 2.24) is 19.8 Å². The van der Waals surface area contributed by atoms with Gasteiger partial charge in [-0.25, -0.2) is 9.97 Å². The van der Waals surface area contributed by atoms with E-state index in [1.807, 2.05) is 31.2 Å². The van der Waals surface area contributed by atoms with E-state index in [9.17, 15) is 14.7 Å². The Morgan fingerprint density at radius 1 is 1.11 bits per heavy atom. The second kappa shape index (κ2) is 8.48. The fourth-order valence-corrected chi connectivity index (χ4v) is 3.90. The molecule has 0 bridgehead atoms. The van der Waals surface area contributed by atoms with Crippen LogP contribution in [0.3, 0.4) is 0 Å². The molecule has 1 aliphatic rings. The molecular weight excluding hydrogens is 356 g/mol. The van der Waals surface area contributed by atoms with Gasteiger partial charge in [-0.3, -0.25) is 9.59 Å². The first-order chi connectivity index (χ1) is 13.5. The third-order valence-electron chi connectivity index (χ3n) is 5.51. The molecule has 1 aromatic heterocycles. The van der Waals surface area contributed by atoms with Gasteiger partial charge in [0, 0.05) is 50.8 Å². The molecule has 1 fully saturated rings. The van der Waals surface area contributed by atoms with Gasteiger partial charge in [0.2, 0.25) is 11.8 Å². The second-order valence-electron chi connectivity index (χ2n) is 7.15. The lowest BCUT2D eigenvalue weighted by Gasteiger charge is -2.55. The number of nitrogens with zero attached hydrogens (tertiary/aromatic N) is 4. The summed E-state index contributed by atoms with van der Waals surface area (Å²) >= 11 is 0. The van der Waals surface area contributed by atoms with Crippen molar-refractivity contribution < 1.29 is 14.7 Å². The molecule has 0 aliphatic carbocycles. The summed E-state index contributed by atoms with van der Waals surface area (Å²) in [5.74, 6) is -0.0757. The Morgan fingerprint density at radius 2 is 1.75 bits per heavy atom. The Hall–Kier alpha value is -2.80. The number of aliphatic hydroxyl groups excluding tert-OH is 1. The van der Waals surface area contributed by atoms with Crippen LogP contribution in [0.1, 0.15) is 31.7 Å². The molecule has 2 amide bonds. The summed E-state index contributed by atoms with van der Waals surface area (Å²) in [5, 5.41) is 9.94. The summed E-state index contributed by atoms with van der Waals surface area (Å²) in [4.78, 5) is 35.6. The summed E-state index contributed by atoms with van der Waals surface area (Å²) in [6, 6.07) is 7.61. The van der Waals surface area contributed by atoms with Gasteiger partial charge in [0.15, 0.2) is 0 Å². The van der Waals surface area contributed by atoms with Gasteiger partial charge in [-0.2, -0.15) is 0 Å². The molecule has 1 saturated heterocycles. The zero-order valence-corrected chi connectivity index (χ0v) is 16.4. The van der Waals surface area contributed by atoms with E-state index < -0.39 is 0 Å². The van der Waals surface area contributed by atoms with E-state index in [0.717, 1.165) is 16.7 Å². The van der Waals surface area contributed by atoms with Crippen LogP contribution in [-0.2, 0) is 9.59 Å². The topological polar surface area (TPSA) is 86.6 Å². The molecule has 7 nitrogen and oxygen atoms in total. The predicted octanol–water partition coefficient (Wildman–Crippen LogP) is 1.69. The van der Waals surface area contributed by atoms with Gasteiger partial charge >= 0.3 is 0 Å². The number of aliphatic hydroxyl groups is 1. The Labute approximate surface area is 165 Å². The highest BCUT2D eigenvalue weighted by Crippen LogP contribution is 2.41. The zero-order chi connectivity index (χ0) is 20.3. The van der Waals surface area contributed by atoms with Crippen LogP contribution in [0.2, 0.25) is 0 Å². The number of benzene rings is 1. The number of aromatic nitrogens is 2. The van der Waals surface area contributed by atoms with Crippen LogP contribution >= 0.6 is 0 Å². The molecule has 148 valence electrons. The van der Waals surface area contributed by atoms with Gasteiger partial charge in [-0.05, 0) is 11.1 Å². The summed E-state index contributed by atoms with van der Waals surface area (Å²) in [7, 11) is 1.73. The van der Waals surface area contributed by atoms with Crippen molar-refractivity contribution in [2.45, 2.75) is 38.3 Å². The first-order valence-electron chi connectivity index (χ1n) is 9.47. The Kier molecular flexibility index (Phi) is 6.04. The van der Waals surface area contributed by atoms with Crippen molar-refractivity contribution >= 4 is 11.8 Å². The number of hydrogen-bond donors (Lipinski definition) is 1. The van der Waals surface area contributed by atoms with E-state index in [1.54, 1.807) is 29.2 Å². The van der Waals surface area contributed by atoms with Crippen LogP contribution in [0.15, 0.2) is 43.0 Å². The molecule has 3 atom stereocenters. The van der Waals surface area contributed by atoms with Crippen LogP contribution < -0.4 is 0 Å². The standard InChI is InChI=1S/C21H26N4O3/c1-4-20(28)25-18(11-24(3)14(2)27)21(19(25)12-26)16-7-5-15(6-8-16)17-9-22-13-23-10-17/h5-10,13,18-19,21,26H,4,11-12H2,1-3H3/t18-,19+,21+/m0/s1. The minimum absolute atomic E-state index is 0.00435. The van der Waals surface area contributed by atoms with Gasteiger partial charge in [-0.15, -0.1) is 0 Å². The van der Waals surface area contributed by atoms with E-state index in [-0.39, 0.29) is 36.4 Å². The van der Waals surface area contributed by atoms with Crippen LogP contribution in [0.25, 0.3) is 11.1 Å². The van der Waals surface area contributed by atoms with Gasteiger partial charge in [-0.1, -0.05) is 31.2 Å². The van der Waals surface area contributed by atoms with Gasteiger partial charge in [0.25, 0.3) is 0 Å². The zero-order valence-electron chi connectivity index (χ0n) is 16.4. The monoisotopic (exact) mass is 382 g/mol. The van der Waals surface area contributed by atoms with Crippen LogP contribution in [0, 0.1) is 0 Å². The average molecular weight is 382 g/mol. The first-order valence-corrected chi connectivity index (χ1v) is 9.47. The normalized spacial score (nSPS) is 21.1. The van der Waals surface area contributed by atoms with Gasteiger partial charge in [0.05, 0.1) is 18.7 Å². The molecule has 7 heteroatoms. The van der Waals surface area contributed by atoms with Gasteiger partial charge < -0.3 is 14.9 Å². The fourth-order valence-electron chi connectivity index (χ4n) is 3.90. The van der Waals surface area contributed by atoms with Crippen LogP contribution in [0.4, 0.5) is 0 Å². The molecule has 2 aromatic rings. The Morgan fingerprint density at radius 3 is 2.29 bits per heavy atom. The molecular formula is C21H26N4O3. The van der Waals surface area contributed by atoms with Crippen molar-refractivity contribution in [3.8, 4) is 11.1 Å². The molecule has 0 unspecified atom stereocenters. The van der Waals surface area contributed by atoms with Crippen molar-refractivity contribution in [2.75, 3.05) is 20.2 Å². The minimum Gasteiger partial charge on any atom is -0.394 e. The highest BCUT2D eigenvalue weighted by Gasteiger charge is 2.50. The fraction of sp³-hybridized carbons (Fsp3) is 0.429. The molecule has 1 aliphatic heterocycles. The Bertz CT molecular complexity index is 825. The molecule has 0 saturated carbocycles. The third kappa shape index (κ3) is 3.75. The lowest BCUT2D eigenvalue weighted by molar-refractivity contribution is -0.153. The minimum atomic E-state index is -0.274. The summed E-state index contributed by atoms with van der Waals surface area (Å²) in [6.45, 7) is 3.66. The molecule has 0 spiro atoms. The average Bonchev–Trinajstić information content (AvgIpc) is 2.71. The molecule has 1 aromatic carbocycles. The number of hydrogen-bond acceptors (Lipinski definition) is 5. The van der Waals surface area contributed by atoms with Crippen LogP contribution in [0.5, 0.6) is 0 Å². The lowest BCUT2D eigenvalue weighted by atomic mass is 9.74. The van der Waals surface area contributed by atoms with Crippen molar-refractivity contribution in [3.63, 3.8) is 0 Å². The number of carbonyl (C=O) groups is 2. The molecule has 1 N–H and O–H groups in total. The van der Waals surface area contributed by atoms with E-state index in [0.29, 0.717) is 13.0 Å². The number of rotatable bonds is 6. The van der Waals surface area contributed by atoms with E-state index in [4.69, 9.17) is 0 Å². The number of likely N-dealkylation sites (N-methyl/N-ethyl adjacent to an activating group) is 1. The Balaban J connectivity index is 1.88. The highest BCUT2D eigenvalue weighted by atomic mass is 16.3. The number of amides is 2. The number of likely N-dealkylation sites (tertiary alicyclic amines) is 1. The maximum Gasteiger partial charge on any atom is 0.222 e. The summed E-state index contributed by atoms with van der Waals surface area (Å²) < 4.78 is 0. The smallest absolute Gasteiger partial charge is 0.222 e. The first kappa shape index (κ1) is 19.9. The van der Waals surface area contributed by atoms with E-state index >= 15 is 0 Å². The van der Waals surface area contributed by atoms with Crippen molar-refractivity contribution in [1.29, 1.82) is 0 Å². The highest BCUT2D eigenvalue weighted by molar-refractivity contribution is 5.79. The largest absolute Gasteiger partial charge is 0.394 e. The lowest BCUT2D eigenvalue weighted by Crippen LogP contribution is -2.68. The SMILES string of the molecule is CCC(=O)N1[C@H](CO)[C@H](c2ccc(-c3cncnc3)cc2)[C@@H]1CN(C)C(C)=O. The molecule has 0 radical (unpaired) electrons. The van der Waals surface area contributed by atoms with E-state index in [1.165, 1.54) is 13.3 Å². The molecule has 3 rings (SSSR count). The molecule has 2 heterocycles. The summed E-state index contributed by atoms with van der Waals surface area (Å²) in [5.41, 5.74) is 2.97. The maximum atomic E-state index is 12.4. The predicted molar refractivity (Wildman–Crippen MR) is 105 cm³/mol. The van der Waals surface area contributed by atoms with Crippen molar-refractivity contribution in [2.24, 2.45) is 0 Å². The van der Waals surface area contributed by atoms with E-state index in [2.05, 4.69) is 9.97 Å². The third-order valence-corrected chi connectivity index (χ3v) is 5.51. The maximum absolute atomic E-state index is 12.4. The second-order valence-corrected chi connectivity index (χ2v) is 7.15. The quantitative estimate of drug-likeness (QED) is 0.822. The molecule has 28 heavy (non-hydrogen) atoms. The van der Waals surface area contributed by atoms with Crippen molar-refractivity contribution in [3.05, 3.63) is 48.5 Å².